The third-order valence-electron chi connectivity index (χ3n) is 3.16. The number of aromatic amines is 1. The van der Waals surface area contributed by atoms with Crippen molar-refractivity contribution in [3.63, 3.8) is 0 Å². The molecule has 2 aromatic rings. The van der Waals surface area contributed by atoms with Gasteiger partial charge in [-0.25, -0.2) is 4.98 Å². The van der Waals surface area contributed by atoms with E-state index in [1.165, 1.54) is 7.05 Å². The largest absolute Gasteiger partial charge is 0.388 e. The van der Waals surface area contributed by atoms with Crippen molar-refractivity contribution in [2.75, 3.05) is 7.05 Å². The third kappa shape index (κ3) is 3.03. The van der Waals surface area contributed by atoms with Gasteiger partial charge in [0.15, 0.2) is 0 Å². The molecule has 0 saturated heterocycles. The molecule has 0 aliphatic carbocycles. The number of likely N-dealkylation sites (N-methyl/N-ethyl adjacent to an activating group) is 1. The van der Waals surface area contributed by atoms with Gasteiger partial charge < -0.3 is 20.7 Å². The van der Waals surface area contributed by atoms with Crippen molar-refractivity contribution in [2.24, 2.45) is 0 Å². The fourth-order valence-corrected chi connectivity index (χ4v) is 2.00. The van der Waals surface area contributed by atoms with E-state index < -0.39 is 5.54 Å². The number of aliphatic hydroxyl groups excluding tert-OH is 1. The minimum Gasteiger partial charge on any atom is -0.388 e. The number of nitrogens with one attached hydrogen (secondary N) is 3. The van der Waals surface area contributed by atoms with Crippen molar-refractivity contribution >= 4 is 22.8 Å². The first-order valence-corrected chi connectivity index (χ1v) is 6.51. The van der Waals surface area contributed by atoms with Gasteiger partial charge in [-0.1, -0.05) is 0 Å². The van der Waals surface area contributed by atoms with Crippen molar-refractivity contribution in [1.29, 1.82) is 0 Å². The zero-order chi connectivity index (χ0) is 15.6. The second-order valence-electron chi connectivity index (χ2n) is 5.23. The molecule has 4 N–H and O–H groups in total. The number of imidazole rings is 1. The number of carbonyl (C=O) groups is 2. The second-order valence-corrected chi connectivity index (χ2v) is 5.23. The van der Waals surface area contributed by atoms with Crippen LogP contribution in [0.4, 0.5) is 0 Å². The number of aliphatic hydroxyl groups is 1. The zero-order valence-corrected chi connectivity index (χ0v) is 12.2. The van der Waals surface area contributed by atoms with Crippen LogP contribution in [0.25, 0.3) is 11.0 Å². The van der Waals surface area contributed by atoms with E-state index in [2.05, 4.69) is 20.6 Å². The molecule has 0 radical (unpaired) electrons. The molecule has 21 heavy (non-hydrogen) atoms. The van der Waals surface area contributed by atoms with Gasteiger partial charge in [0.25, 0.3) is 5.91 Å². The topological polar surface area (TPSA) is 107 Å². The lowest BCUT2D eigenvalue weighted by atomic mass is 10.0. The van der Waals surface area contributed by atoms with Crippen LogP contribution in [0.5, 0.6) is 0 Å². The summed E-state index contributed by atoms with van der Waals surface area (Å²) in [4.78, 5) is 31.0. The number of H-pyrrole nitrogens is 1. The molecule has 1 heterocycles. The van der Waals surface area contributed by atoms with Gasteiger partial charge in [0, 0.05) is 12.6 Å². The van der Waals surface area contributed by atoms with Crippen LogP contribution in [0, 0.1) is 0 Å². The first-order valence-electron chi connectivity index (χ1n) is 6.51. The van der Waals surface area contributed by atoms with Crippen LogP contribution < -0.4 is 10.6 Å². The maximum Gasteiger partial charge on any atom is 0.252 e. The first-order chi connectivity index (χ1) is 9.87. The Kier molecular flexibility index (Phi) is 3.95. The predicted molar refractivity (Wildman–Crippen MR) is 77.6 cm³/mol. The van der Waals surface area contributed by atoms with Crippen LogP contribution in [0.15, 0.2) is 18.2 Å². The Morgan fingerprint density at radius 1 is 1.38 bits per heavy atom. The summed E-state index contributed by atoms with van der Waals surface area (Å²) in [6.45, 7) is 3.06. The molecule has 0 saturated carbocycles. The summed E-state index contributed by atoms with van der Waals surface area (Å²) in [5.41, 5.74) is 0.726. The lowest BCUT2D eigenvalue weighted by Crippen LogP contribution is -2.53. The smallest absolute Gasteiger partial charge is 0.252 e. The minimum atomic E-state index is -1.01. The standard InChI is InChI=1S/C14H18N4O3/c1-14(2,13(21)15-3)18-12(20)8-4-5-9-10(6-8)17-11(7-19)16-9/h4-6,19H,7H2,1-3H3,(H,15,21)(H,16,17)(H,18,20). The zero-order valence-electron chi connectivity index (χ0n) is 12.2. The highest BCUT2D eigenvalue weighted by atomic mass is 16.3. The van der Waals surface area contributed by atoms with E-state index in [-0.39, 0.29) is 18.4 Å². The van der Waals surface area contributed by atoms with Crippen molar-refractivity contribution < 1.29 is 14.7 Å². The van der Waals surface area contributed by atoms with Crippen molar-refractivity contribution in [3.8, 4) is 0 Å². The molecular formula is C14H18N4O3. The summed E-state index contributed by atoms with van der Waals surface area (Å²) in [5, 5.41) is 14.2. The molecule has 112 valence electrons. The summed E-state index contributed by atoms with van der Waals surface area (Å²) in [6, 6.07) is 4.95. The van der Waals surface area contributed by atoms with Crippen LogP contribution in [0.3, 0.4) is 0 Å². The third-order valence-corrected chi connectivity index (χ3v) is 3.16. The number of aromatic nitrogens is 2. The fraction of sp³-hybridized carbons (Fsp3) is 0.357. The molecule has 0 spiro atoms. The maximum absolute atomic E-state index is 12.2. The molecule has 0 aliphatic heterocycles. The second kappa shape index (κ2) is 5.53. The highest BCUT2D eigenvalue weighted by molar-refractivity contribution is 6.00. The molecule has 0 atom stereocenters. The maximum atomic E-state index is 12.2. The molecule has 1 aromatic carbocycles. The SMILES string of the molecule is CNC(=O)C(C)(C)NC(=O)c1ccc2nc(CO)[nH]c2c1. The first kappa shape index (κ1) is 15.0. The van der Waals surface area contributed by atoms with Gasteiger partial charge in [-0.2, -0.15) is 0 Å². The monoisotopic (exact) mass is 290 g/mol. The van der Waals surface area contributed by atoms with Gasteiger partial charge in [-0.3, -0.25) is 9.59 Å². The molecule has 0 fully saturated rings. The van der Waals surface area contributed by atoms with E-state index in [1.54, 1.807) is 32.0 Å². The van der Waals surface area contributed by atoms with Crippen LogP contribution in [-0.2, 0) is 11.4 Å². The highest BCUT2D eigenvalue weighted by Gasteiger charge is 2.28. The molecule has 2 rings (SSSR count). The van der Waals surface area contributed by atoms with Crippen molar-refractivity contribution in [3.05, 3.63) is 29.6 Å². The number of amides is 2. The molecule has 2 amide bonds. The Morgan fingerprint density at radius 3 is 2.71 bits per heavy atom. The van der Waals surface area contributed by atoms with Crippen LogP contribution in [0.2, 0.25) is 0 Å². The van der Waals surface area contributed by atoms with E-state index in [4.69, 9.17) is 5.11 Å². The summed E-state index contributed by atoms with van der Waals surface area (Å²) in [5.74, 6) is -0.195. The molecule has 0 unspecified atom stereocenters. The van der Waals surface area contributed by atoms with Crippen LogP contribution in [-0.4, -0.2) is 39.5 Å². The van der Waals surface area contributed by atoms with E-state index in [9.17, 15) is 9.59 Å². The van der Waals surface area contributed by atoms with Gasteiger partial charge in [-0.15, -0.1) is 0 Å². The fourth-order valence-electron chi connectivity index (χ4n) is 2.00. The van der Waals surface area contributed by atoms with E-state index in [1.807, 2.05) is 0 Å². The van der Waals surface area contributed by atoms with Gasteiger partial charge >= 0.3 is 0 Å². The molecular weight excluding hydrogens is 272 g/mol. The molecule has 0 bridgehead atoms. The lowest BCUT2D eigenvalue weighted by Gasteiger charge is -2.24. The van der Waals surface area contributed by atoms with Crippen LogP contribution >= 0.6 is 0 Å². The molecule has 7 heteroatoms. The summed E-state index contributed by atoms with van der Waals surface area (Å²) in [6.07, 6.45) is 0. The van der Waals surface area contributed by atoms with Gasteiger partial charge in [-0.05, 0) is 32.0 Å². The Balaban J connectivity index is 2.25. The summed E-state index contributed by atoms with van der Waals surface area (Å²) in [7, 11) is 1.52. The Morgan fingerprint density at radius 2 is 2.10 bits per heavy atom. The quantitative estimate of drug-likeness (QED) is 0.650. The minimum absolute atomic E-state index is 0.195. The number of hydrogen-bond donors (Lipinski definition) is 4. The number of nitrogens with zero attached hydrogens (tertiary/aromatic N) is 1. The van der Waals surface area contributed by atoms with E-state index >= 15 is 0 Å². The lowest BCUT2D eigenvalue weighted by molar-refractivity contribution is -0.125. The number of carbonyl (C=O) groups excluding carboxylic acids is 2. The molecule has 1 aromatic heterocycles. The highest BCUT2D eigenvalue weighted by Crippen LogP contribution is 2.15. The van der Waals surface area contributed by atoms with Gasteiger partial charge in [0.2, 0.25) is 5.91 Å². The van der Waals surface area contributed by atoms with Gasteiger partial charge in [0.05, 0.1) is 11.0 Å². The van der Waals surface area contributed by atoms with E-state index in [0.29, 0.717) is 22.4 Å². The summed E-state index contributed by atoms with van der Waals surface area (Å²) >= 11 is 0. The Labute approximate surface area is 121 Å². The Bertz CT molecular complexity index is 691. The number of benzene rings is 1. The number of fused-ring (bicyclic) bond motifs is 1. The normalized spacial score (nSPS) is 11.4. The average Bonchev–Trinajstić information content (AvgIpc) is 2.87. The number of hydrogen-bond acceptors (Lipinski definition) is 4. The van der Waals surface area contributed by atoms with E-state index in [0.717, 1.165) is 0 Å². The van der Waals surface area contributed by atoms with Gasteiger partial charge in [0.1, 0.15) is 18.0 Å². The summed E-state index contributed by atoms with van der Waals surface area (Å²) < 4.78 is 0. The predicted octanol–water partition coefficient (Wildman–Crippen LogP) is 0.310. The number of rotatable bonds is 4. The van der Waals surface area contributed by atoms with Crippen LogP contribution in [0.1, 0.15) is 30.0 Å². The molecule has 7 nitrogen and oxygen atoms in total. The van der Waals surface area contributed by atoms with Crippen molar-refractivity contribution in [2.45, 2.75) is 26.0 Å². The molecule has 0 aliphatic rings. The average molecular weight is 290 g/mol. The Hall–Kier alpha value is -2.41. The van der Waals surface area contributed by atoms with Crippen molar-refractivity contribution in [1.82, 2.24) is 20.6 Å².